The van der Waals surface area contributed by atoms with Crippen LogP contribution in [0.3, 0.4) is 0 Å². The molecule has 2 aliphatic heterocycles. The average Bonchev–Trinajstić information content (AvgIpc) is 3.38. The molecule has 0 amide bonds. The highest BCUT2D eigenvalue weighted by Crippen LogP contribution is 2.43. The van der Waals surface area contributed by atoms with Crippen LogP contribution in [0.25, 0.3) is 6.08 Å². The number of nitrogens with zero attached hydrogens (tertiary/aromatic N) is 2. The molecular weight excluding hydrogens is 482 g/mol. The monoisotopic (exact) mass is 515 g/mol. The lowest BCUT2D eigenvalue weighted by atomic mass is 9.91. The summed E-state index contributed by atoms with van der Waals surface area (Å²) in [5.41, 5.74) is 12.5. The number of hydrogen-bond donors (Lipinski definition) is 1. The molecular formula is C34H33N3O2. The smallest absolute Gasteiger partial charge is 0.118 e. The summed E-state index contributed by atoms with van der Waals surface area (Å²) < 4.78 is 10.9. The van der Waals surface area contributed by atoms with Crippen molar-refractivity contribution < 1.29 is 9.47 Å². The first-order chi connectivity index (χ1) is 19.2. The minimum absolute atomic E-state index is 0.0474. The van der Waals surface area contributed by atoms with Crippen LogP contribution in [0, 0.1) is 0 Å². The standard InChI is InChI=1S/C34H33N3O2/c1-38-30-17-13-25(14-18-30)21-28-23-36(22-26-9-5-3-6-10-26)24-32-33(28)35-37(29-11-7-4-8-12-29)34(32)27-15-19-31(39-2)20-16-27/h3-21,34-35H,22-24H2,1-2H3. The normalized spacial score (nSPS) is 18.2. The van der Waals surface area contributed by atoms with Crippen molar-refractivity contribution >= 4 is 11.8 Å². The maximum absolute atomic E-state index is 5.47. The van der Waals surface area contributed by atoms with Crippen molar-refractivity contribution in [3.8, 4) is 11.5 Å². The molecule has 4 aromatic rings. The van der Waals surface area contributed by atoms with Gasteiger partial charge in [0.05, 0.1) is 31.6 Å². The highest BCUT2D eigenvalue weighted by Gasteiger charge is 2.39. The van der Waals surface area contributed by atoms with Crippen LogP contribution in [0.4, 0.5) is 5.69 Å². The Hall–Kier alpha value is -4.48. The summed E-state index contributed by atoms with van der Waals surface area (Å²) in [6.45, 7) is 2.61. The van der Waals surface area contributed by atoms with Gasteiger partial charge in [0.1, 0.15) is 11.5 Å². The Kier molecular flexibility index (Phi) is 7.07. The van der Waals surface area contributed by atoms with Crippen LogP contribution in [0.15, 0.2) is 126 Å². The Morgan fingerprint density at radius 1 is 0.744 bits per heavy atom. The van der Waals surface area contributed by atoms with E-state index in [9.17, 15) is 0 Å². The van der Waals surface area contributed by atoms with Gasteiger partial charge in [-0.1, -0.05) is 72.8 Å². The van der Waals surface area contributed by atoms with Gasteiger partial charge in [-0.25, -0.2) is 0 Å². The number of anilines is 1. The van der Waals surface area contributed by atoms with Crippen LogP contribution in [0.5, 0.6) is 11.5 Å². The number of rotatable bonds is 7. The van der Waals surface area contributed by atoms with E-state index in [1.165, 1.54) is 28.0 Å². The number of nitrogens with one attached hydrogen (secondary N) is 1. The minimum atomic E-state index is 0.0474. The third-order valence-corrected chi connectivity index (χ3v) is 7.42. The van der Waals surface area contributed by atoms with Crippen LogP contribution in [-0.4, -0.2) is 32.2 Å². The summed E-state index contributed by atoms with van der Waals surface area (Å²) in [5.74, 6) is 1.72. The molecule has 6 rings (SSSR count). The number of para-hydroxylation sites is 1. The van der Waals surface area contributed by atoms with Gasteiger partial charge in [-0.3, -0.25) is 15.3 Å². The third-order valence-electron chi connectivity index (χ3n) is 7.42. The van der Waals surface area contributed by atoms with Gasteiger partial charge in [-0.05, 0) is 70.3 Å². The second kappa shape index (κ2) is 11.1. The van der Waals surface area contributed by atoms with E-state index in [0.717, 1.165) is 42.4 Å². The van der Waals surface area contributed by atoms with E-state index < -0.39 is 0 Å². The van der Waals surface area contributed by atoms with Gasteiger partial charge in [-0.2, -0.15) is 0 Å². The van der Waals surface area contributed by atoms with E-state index in [1.807, 2.05) is 12.1 Å². The predicted molar refractivity (Wildman–Crippen MR) is 158 cm³/mol. The highest BCUT2D eigenvalue weighted by atomic mass is 16.5. The highest BCUT2D eigenvalue weighted by molar-refractivity contribution is 5.66. The molecule has 1 unspecified atom stereocenters. The van der Waals surface area contributed by atoms with Gasteiger partial charge < -0.3 is 9.47 Å². The Labute approximate surface area is 230 Å². The fourth-order valence-electron chi connectivity index (χ4n) is 5.52. The van der Waals surface area contributed by atoms with Crippen LogP contribution in [-0.2, 0) is 6.54 Å². The van der Waals surface area contributed by atoms with E-state index in [2.05, 4.69) is 118 Å². The molecule has 1 N–H and O–H groups in total. The van der Waals surface area contributed by atoms with Gasteiger partial charge in [-0.15, -0.1) is 0 Å². The maximum atomic E-state index is 5.47. The molecule has 0 aromatic heterocycles. The van der Waals surface area contributed by atoms with Crippen molar-refractivity contribution in [1.29, 1.82) is 0 Å². The van der Waals surface area contributed by atoms with Crippen LogP contribution >= 0.6 is 0 Å². The first-order valence-corrected chi connectivity index (χ1v) is 13.3. The van der Waals surface area contributed by atoms with Crippen molar-refractivity contribution in [2.45, 2.75) is 12.6 Å². The molecule has 4 aromatic carbocycles. The van der Waals surface area contributed by atoms with Crippen LogP contribution in [0.1, 0.15) is 22.7 Å². The van der Waals surface area contributed by atoms with Crippen LogP contribution in [0.2, 0.25) is 0 Å². The van der Waals surface area contributed by atoms with Crippen molar-refractivity contribution in [3.05, 3.63) is 143 Å². The fourth-order valence-corrected chi connectivity index (χ4v) is 5.52. The zero-order valence-electron chi connectivity index (χ0n) is 22.4. The molecule has 2 heterocycles. The summed E-state index contributed by atoms with van der Waals surface area (Å²) in [5, 5.41) is 2.31. The summed E-state index contributed by atoms with van der Waals surface area (Å²) in [6.07, 6.45) is 2.30. The molecule has 0 fully saturated rings. The quantitative estimate of drug-likeness (QED) is 0.299. The molecule has 5 nitrogen and oxygen atoms in total. The largest absolute Gasteiger partial charge is 0.497 e. The van der Waals surface area contributed by atoms with Gasteiger partial charge in [0.15, 0.2) is 0 Å². The number of ether oxygens (including phenoxy) is 2. The Morgan fingerprint density at radius 3 is 2.00 bits per heavy atom. The Morgan fingerprint density at radius 2 is 1.36 bits per heavy atom. The second-order valence-electron chi connectivity index (χ2n) is 9.97. The Balaban J connectivity index is 1.44. The molecule has 39 heavy (non-hydrogen) atoms. The lowest BCUT2D eigenvalue weighted by molar-refractivity contribution is 0.301. The molecule has 196 valence electrons. The molecule has 0 saturated heterocycles. The molecule has 0 radical (unpaired) electrons. The van der Waals surface area contributed by atoms with Gasteiger partial charge in [0, 0.05) is 19.6 Å². The molecule has 0 aliphatic carbocycles. The van der Waals surface area contributed by atoms with Crippen LogP contribution < -0.4 is 19.9 Å². The number of hydrazine groups is 1. The van der Waals surface area contributed by atoms with E-state index in [1.54, 1.807) is 14.2 Å². The van der Waals surface area contributed by atoms with Crippen molar-refractivity contribution in [2.75, 3.05) is 32.3 Å². The van der Waals surface area contributed by atoms with Gasteiger partial charge in [0.25, 0.3) is 0 Å². The molecule has 5 heteroatoms. The predicted octanol–water partition coefficient (Wildman–Crippen LogP) is 6.62. The number of benzene rings is 4. The van der Waals surface area contributed by atoms with Gasteiger partial charge in [0.2, 0.25) is 0 Å². The number of hydrogen-bond acceptors (Lipinski definition) is 5. The molecule has 0 saturated carbocycles. The van der Waals surface area contributed by atoms with E-state index in [0.29, 0.717) is 0 Å². The van der Waals surface area contributed by atoms with Crippen molar-refractivity contribution in [2.24, 2.45) is 0 Å². The minimum Gasteiger partial charge on any atom is -0.497 e. The van der Waals surface area contributed by atoms with E-state index in [4.69, 9.17) is 9.47 Å². The SMILES string of the molecule is COc1ccc(C=C2CN(Cc3ccccc3)CC3=C2NN(c2ccccc2)C3c2ccc(OC)cc2)cc1. The zero-order chi connectivity index (χ0) is 26.6. The topological polar surface area (TPSA) is 37.0 Å². The molecule has 2 aliphatic rings. The van der Waals surface area contributed by atoms with E-state index >= 15 is 0 Å². The summed E-state index contributed by atoms with van der Waals surface area (Å²) in [6, 6.07) is 38.1. The zero-order valence-corrected chi connectivity index (χ0v) is 22.4. The maximum Gasteiger partial charge on any atom is 0.118 e. The van der Waals surface area contributed by atoms with E-state index in [-0.39, 0.29) is 6.04 Å². The lowest BCUT2D eigenvalue weighted by Crippen LogP contribution is -2.35. The first-order valence-electron chi connectivity index (χ1n) is 13.3. The summed E-state index contributed by atoms with van der Waals surface area (Å²) in [7, 11) is 3.41. The third kappa shape index (κ3) is 5.27. The second-order valence-corrected chi connectivity index (χ2v) is 9.97. The average molecular weight is 516 g/mol. The summed E-state index contributed by atoms with van der Waals surface area (Å²) >= 11 is 0. The molecule has 0 bridgehead atoms. The molecule has 0 spiro atoms. The molecule has 1 atom stereocenters. The first kappa shape index (κ1) is 24.8. The van der Waals surface area contributed by atoms with Crippen molar-refractivity contribution in [3.63, 3.8) is 0 Å². The van der Waals surface area contributed by atoms with Gasteiger partial charge >= 0.3 is 0 Å². The number of methoxy groups -OCH3 is 2. The van der Waals surface area contributed by atoms with Crippen molar-refractivity contribution in [1.82, 2.24) is 10.3 Å². The fraction of sp³-hybridized carbons (Fsp3) is 0.176. The Bertz CT molecular complexity index is 1460. The lowest BCUT2D eigenvalue weighted by Gasteiger charge is -2.32. The summed E-state index contributed by atoms with van der Waals surface area (Å²) in [4.78, 5) is 2.54.